The number of benzene rings is 2. The Kier molecular flexibility index (Phi) is 6.24. The lowest BCUT2D eigenvalue weighted by Gasteiger charge is -2.19. The summed E-state index contributed by atoms with van der Waals surface area (Å²) in [6.07, 6.45) is 0. The first-order valence-corrected chi connectivity index (χ1v) is 8.10. The number of hydrogen-bond donors (Lipinski definition) is 0. The molecule has 4 nitrogen and oxygen atoms in total. The average Bonchev–Trinajstić information content (AvgIpc) is 2.60. The molecule has 0 atom stereocenters. The third-order valence-corrected chi connectivity index (χ3v) is 3.93. The molecular formula is C20H25NO3. The van der Waals surface area contributed by atoms with Gasteiger partial charge in [-0.1, -0.05) is 44.2 Å². The summed E-state index contributed by atoms with van der Waals surface area (Å²) in [6.45, 7) is 4.80. The summed E-state index contributed by atoms with van der Waals surface area (Å²) in [4.78, 5) is 13.9. The Hall–Kier alpha value is -2.49. The zero-order valence-corrected chi connectivity index (χ0v) is 14.8. The van der Waals surface area contributed by atoms with E-state index in [9.17, 15) is 4.79 Å². The molecule has 128 valence electrons. The highest BCUT2D eigenvalue weighted by Gasteiger charge is 2.12. The molecule has 4 heteroatoms. The molecule has 0 saturated carbocycles. The molecule has 2 rings (SSSR count). The minimum Gasteiger partial charge on any atom is -0.496 e. The van der Waals surface area contributed by atoms with E-state index in [-0.39, 0.29) is 12.5 Å². The van der Waals surface area contributed by atoms with Crippen LogP contribution in [-0.2, 0) is 11.3 Å². The molecule has 2 aromatic rings. The second-order valence-corrected chi connectivity index (χ2v) is 6.07. The number of para-hydroxylation sites is 1. The van der Waals surface area contributed by atoms with Crippen LogP contribution in [0.3, 0.4) is 0 Å². The molecule has 1 amide bonds. The number of ether oxygens (including phenoxy) is 2. The second kappa shape index (κ2) is 8.39. The molecule has 24 heavy (non-hydrogen) atoms. The number of methoxy groups -OCH3 is 1. The van der Waals surface area contributed by atoms with Crippen LogP contribution in [0, 0.1) is 0 Å². The summed E-state index contributed by atoms with van der Waals surface area (Å²) in [7, 11) is 3.39. The molecule has 0 aliphatic heterocycles. The van der Waals surface area contributed by atoms with E-state index >= 15 is 0 Å². The monoisotopic (exact) mass is 327 g/mol. The molecular weight excluding hydrogens is 302 g/mol. The molecule has 0 aliphatic carbocycles. The maximum absolute atomic E-state index is 12.3. The van der Waals surface area contributed by atoms with Crippen molar-refractivity contribution in [2.24, 2.45) is 0 Å². The Balaban J connectivity index is 1.89. The molecule has 0 heterocycles. The Morgan fingerprint density at radius 3 is 2.38 bits per heavy atom. The molecule has 0 radical (unpaired) electrons. The zero-order valence-electron chi connectivity index (χ0n) is 14.8. The maximum atomic E-state index is 12.3. The molecule has 0 aliphatic rings. The van der Waals surface area contributed by atoms with E-state index in [2.05, 4.69) is 13.8 Å². The Morgan fingerprint density at radius 2 is 1.75 bits per heavy atom. The van der Waals surface area contributed by atoms with Crippen molar-refractivity contribution >= 4 is 5.91 Å². The zero-order chi connectivity index (χ0) is 17.5. The summed E-state index contributed by atoms with van der Waals surface area (Å²) in [5.41, 5.74) is 2.22. The van der Waals surface area contributed by atoms with E-state index in [1.165, 1.54) is 5.56 Å². The highest BCUT2D eigenvalue weighted by Crippen LogP contribution is 2.20. The van der Waals surface area contributed by atoms with E-state index in [4.69, 9.17) is 9.47 Å². The molecule has 2 aromatic carbocycles. The van der Waals surface area contributed by atoms with Gasteiger partial charge < -0.3 is 14.4 Å². The molecule has 0 aromatic heterocycles. The molecule has 0 unspecified atom stereocenters. The minimum absolute atomic E-state index is 0.0205. The van der Waals surface area contributed by atoms with Crippen molar-refractivity contribution in [3.63, 3.8) is 0 Å². The molecule has 0 N–H and O–H groups in total. The van der Waals surface area contributed by atoms with Gasteiger partial charge in [-0.25, -0.2) is 0 Å². The van der Waals surface area contributed by atoms with Crippen LogP contribution >= 0.6 is 0 Å². The van der Waals surface area contributed by atoms with Gasteiger partial charge in [-0.15, -0.1) is 0 Å². The van der Waals surface area contributed by atoms with Crippen LogP contribution in [0.1, 0.15) is 30.9 Å². The smallest absolute Gasteiger partial charge is 0.260 e. The lowest BCUT2D eigenvalue weighted by atomic mass is 10.0. The molecule has 0 fully saturated rings. The van der Waals surface area contributed by atoms with E-state index in [0.29, 0.717) is 18.2 Å². The topological polar surface area (TPSA) is 38.8 Å². The first-order valence-electron chi connectivity index (χ1n) is 8.10. The SMILES string of the molecule is COc1ccccc1CN(C)C(=O)COc1ccc(C(C)C)cc1. The number of rotatable bonds is 7. The van der Waals surface area contributed by atoms with Gasteiger partial charge in [0.1, 0.15) is 11.5 Å². The number of carbonyl (C=O) groups is 1. The molecule has 0 saturated heterocycles. The molecule has 0 spiro atoms. The number of carbonyl (C=O) groups excluding carboxylic acids is 1. The van der Waals surface area contributed by atoms with Gasteiger partial charge in [0.15, 0.2) is 6.61 Å². The first-order chi connectivity index (χ1) is 11.5. The standard InChI is InChI=1S/C20H25NO3/c1-15(2)16-9-11-18(12-10-16)24-14-20(22)21(3)13-17-7-5-6-8-19(17)23-4/h5-12,15H,13-14H2,1-4H3. The first kappa shape index (κ1) is 17.9. The van der Waals surface area contributed by atoms with Crippen molar-refractivity contribution in [3.05, 3.63) is 59.7 Å². The van der Waals surface area contributed by atoms with Crippen molar-refractivity contribution in [2.75, 3.05) is 20.8 Å². The fourth-order valence-electron chi connectivity index (χ4n) is 2.38. The van der Waals surface area contributed by atoms with Gasteiger partial charge in [0.05, 0.1) is 7.11 Å². The van der Waals surface area contributed by atoms with E-state index in [0.717, 1.165) is 11.3 Å². The van der Waals surface area contributed by atoms with Crippen LogP contribution in [0.2, 0.25) is 0 Å². The van der Waals surface area contributed by atoms with Crippen LogP contribution in [0.4, 0.5) is 0 Å². The predicted molar refractivity (Wildman–Crippen MR) is 95.5 cm³/mol. The summed E-state index contributed by atoms with van der Waals surface area (Å²) in [6, 6.07) is 15.6. The van der Waals surface area contributed by atoms with Gasteiger partial charge in [0.2, 0.25) is 0 Å². The second-order valence-electron chi connectivity index (χ2n) is 6.07. The van der Waals surface area contributed by atoms with Gasteiger partial charge in [0.25, 0.3) is 5.91 Å². The summed E-state index contributed by atoms with van der Waals surface area (Å²) in [5.74, 6) is 1.89. The van der Waals surface area contributed by atoms with Crippen molar-refractivity contribution in [2.45, 2.75) is 26.3 Å². The third-order valence-electron chi connectivity index (χ3n) is 3.93. The number of amides is 1. The highest BCUT2D eigenvalue weighted by atomic mass is 16.5. The Morgan fingerprint density at radius 1 is 1.08 bits per heavy atom. The van der Waals surface area contributed by atoms with E-state index < -0.39 is 0 Å². The van der Waals surface area contributed by atoms with E-state index in [1.54, 1.807) is 19.1 Å². The number of likely N-dealkylation sites (N-methyl/N-ethyl adjacent to an activating group) is 1. The lowest BCUT2D eigenvalue weighted by Crippen LogP contribution is -2.31. The Bertz CT molecular complexity index is 665. The summed E-state index contributed by atoms with van der Waals surface area (Å²) in [5, 5.41) is 0. The summed E-state index contributed by atoms with van der Waals surface area (Å²) < 4.78 is 10.9. The Labute approximate surface area is 144 Å². The van der Waals surface area contributed by atoms with Gasteiger partial charge in [0, 0.05) is 19.2 Å². The van der Waals surface area contributed by atoms with Crippen molar-refractivity contribution in [1.82, 2.24) is 4.90 Å². The van der Waals surface area contributed by atoms with E-state index in [1.807, 2.05) is 48.5 Å². The normalized spacial score (nSPS) is 10.5. The van der Waals surface area contributed by atoms with Crippen LogP contribution in [-0.4, -0.2) is 31.6 Å². The van der Waals surface area contributed by atoms with Gasteiger partial charge in [-0.05, 0) is 29.7 Å². The third kappa shape index (κ3) is 4.75. The average molecular weight is 327 g/mol. The predicted octanol–water partition coefficient (Wildman–Crippen LogP) is 3.86. The number of hydrogen-bond acceptors (Lipinski definition) is 3. The van der Waals surface area contributed by atoms with Gasteiger partial charge >= 0.3 is 0 Å². The maximum Gasteiger partial charge on any atom is 0.260 e. The molecule has 0 bridgehead atoms. The fourth-order valence-corrected chi connectivity index (χ4v) is 2.38. The summed E-state index contributed by atoms with van der Waals surface area (Å²) >= 11 is 0. The number of nitrogens with zero attached hydrogens (tertiary/aromatic N) is 1. The lowest BCUT2D eigenvalue weighted by molar-refractivity contribution is -0.132. The van der Waals surface area contributed by atoms with Gasteiger partial charge in [-0.2, -0.15) is 0 Å². The van der Waals surface area contributed by atoms with Crippen molar-refractivity contribution < 1.29 is 14.3 Å². The largest absolute Gasteiger partial charge is 0.496 e. The van der Waals surface area contributed by atoms with Crippen LogP contribution < -0.4 is 9.47 Å². The van der Waals surface area contributed by atoms with Gasteiger partial charge in [-0.3, -0.25) is 4.79 Å². The minimum atomic E-state index is -0.0751. The van der Waals surface area contributed by atoms with Crippen molar-refractivity contribution in [1.29, 1.82) is 0 Å². The van der Waals surface area contributed by atoms with Crippen LogP contribution in [0.25, 0.3) is 0 Å². The highest BCUT2D eigenvalue weighted by molar-refractivity contribution is 5.77. The van der Waals surface area contributed by atoms with Crippen molar-refractivity contribution in [3.8, 4) is 11.5 Å². The quantitative estimate of drug-likeness (QED) is 0.775. The van der Waals surface area contributed by atoms with Crippen LogP contribution in [0.5, 0.6) is 11.5 Å². The van der Waals surface area contributed by atoms with Crippen LogP contribution in [0.15, 0.2) is 48.5 Å². The fraction of sp³-hybridized carbons (Fsp3) is 0.350.